The number of anilines is 1. The predicted molar refractivity (Wildman–Crippen MR) is 148 cm³/mol. The van der Waals surface area contributed by atoms with Gasteiger partial charge in [0, 0.05) is 32.7 Å². The van der Waals surface area contributed by atoms with Crippen molar-refractivity contribution in [2.75, 3.05) is 38.2 Å². The Kier molecular flexibility index (Phi) is 7.70. The number of piperazine rings is 1. The standard InChI is InChI=1S/C28H30ClN5OS/c1-35-26-14-8-5-11-23(26)27-30-34(28(36)33(27)16-15-22-9-3-2-4-10-22)21-31-17-19-32(20-18-31)25-13-7-6-12-24(25)29/h2-14H,15-21H2,1H3. The van der Waals surface area contributed by atoms with Crippen LogP contribution in [0.25, 0.3) is 11.4 Å². The summed E-state index contributed by atoms with van der Waals surface area (Å²) >= 11 is 12.4. The summed E-state index contributed by atoms with van der Waals surface area (Å²) in [4.78, 5) is 4.74. The van der Waals surface area contributed by atoms with Crippen molar-refractivity contribution in [2.45, 2.75) is 19.6 Å². The maximum Gasteiger partial charge on any atom is 0.199 e. The van der Waals surface area contributed by atoms with E-state index in [2.05, 4.69) is 44.7 Å². The molecule has 0 aliphatic carbocycles. The molecule has 0 atom stereocenters. The summed E-state index contributed by atoms with van der Waals surface area (Å²) in [6, 6.07) is 26.5. The minimum Gasteiger partial charge on any atom is -0.496 e. The third-order valence-electron chi connectivity index (χ3n) is 6.64. The highest BCUT2D eigenvalue weighted by Gasteiger charge is 2.22. The summed E-state index contributed by atoms with van der Waals surface area (Å²) in [6.45, 7) is 5.03. The number of ether oxygens (including phenoxy) is 1. The number of hydrogen-bond acceptors (Lipinski definition) is 5. The highest BCUT2D eigenvalue weighted by atomic mass is 35.5. The summed E-state index contributed by atoms with van der Waals surface area (Å²) < 4.78 is 10.5. The number of benzene rings is 3. The van der Waals surface area contributed by atoms with Gasteiger partial charge in [-0.05, 0) is 48.5 Å². The Hall–Kier alpha value is -3.13. The van der Waals surface area contributed by atoms with Crippen molar-refractivity contribution in [1.29, 1.82) is 0 Å². The first-order valence-corrected chi connectivity index (χ1v) is 13.0. The average molecular weight is 520 g/mol. The first-order valence-electron chi connectivity index (χ1n) is 12.2. The van der Waals surface area contributed by atoms with Gasteiger partial charge in [-0.3, -0.25) is 9.47 Å². The van der Waals surface area contributed by atoms with Crippen LogP contribution in [0.4, 0.5) is 5.69 Å². The Morgan fingerprint density at radius 3 is 2.33 bits per heavy atom. The van der Waals surface area contributed by atoms with E-state index in [1.54, 1.807) is 7.11 Å². The molecule has 0 N–H and O–H groups in total. The lowest BCUT2D eigenvalue weighted by atomic mass is 10.1. The molecular formula is C28H30ClN5OS. The smallest absolute Gasteiger partial charge is 0.199 e. The molecule has 36 heavy (non-hydrogen) atoms. The zero-order valence-corrected chi connectivity index (χ0v) is 22.0. The summed E-state index contributed by atoms with van der Waals surface area (Å²) in [5.41, 5.74) is 3.31. The fourth-order valence-corrected chi connectivity index (χ4v) is 5.21. The van der Waals surface area contributed by atoms with Gasteiger partial charge in [0.25, 0.3) is 0 Å². The SMILES string of the molecule is COc1ccccc1-c1nn(CN2CCN(c3ccccc3Cl)CC2)c(=S)n1CCc1ccccc1. The second-order valence-electron chi connectivity index (χ2n) is 8.89. The molecule has 1 saturated heterocycles. The second kappa shape index (κ2) is 11.3. The van der Waals surface area contributed by atoms with Crippen molar-refractivity contribution in [3.63, 3.8) is 0 Å². The zero-order chi connectivity index (χ0) is 24.9. The van der Waals surface area contributed by atoms with E-state index in [1.807, 2.05) is 53.2 Å². The Bertz CT molecular complexity index is 1360. The maximum absolute atomic E-state index is 6.43. The molecule has 0 amide bonds. The number of hydrogen-bond donors (Lipinski definition) is 0. The molecule has 0 saturated carbocycles. The van der Waals surface area contributed by atoms with E-state index in [4.69, 9.17) is 33.7 Å². The van der Waals surface area contributed by atoms with Gasteiger partial charge in [-0.25, -0.2) is 4.68 Å². The number of nitrogens with zero attached hydrogens (tertiary/aromatic N) is 5. The molecule has 0 bridgehead atoms. The monoisotopic (exact) mass is 519 g/mol. The van der Waals surface area contributed by atoms with Crippen LogP contribution < -0.4 is 9.64 Å². The van der Waals surface area contributed by atoms with Gasteiger partial charge in [-0.15, -0.1) is 0 Å². The van der Waals surface area contributed by atoms with Crippen LogP contribution in [0.15, 0.2) is 78.9 Å². The number of methoxy groups -OCH3 is 1. The molecule has 0 spiro atoms. The zero-order valence-electron chi connectivity index (χ0n) is 20.4. The molecule has 2 heterocycles. The van der Waals surface area contributed by atoms with Gasteiger partial charge in [-0.1, -0.05) is 66.2 Å². The maximum atomic E-state index is 6.43. The van der Waals surface area contributed by atoms with Gasteiger partial charge in [0.2, 0.25) is 0 Å². The van der Waals surface area contributed by atoms with Crippen molar-refractivity contribution in [3.8, 4) is 17.1 Å². The lowest BCUT2D eigenvalue weighted by Crippen LogP contribution is -2.47. The van der Waals surface area contributed by atoms with Crippen LogP contribution in [-0.2, 0) is 19.6 Å². The van der Waals surface area contributed by atoms with Gasteiger partial charge in [0.05, 0.1) is 30.1 Å². The summed E-state index contributed by atoms with van der Waals surface area (Å²) in [5, 5.41) is 5.80. The molecule has 1 fully saturated rings. The van der Waals surface area contributed by atoms with Crippen LogP contribution in [-0.4, -0.2) is 52.5 Å². The summed E-state index contributed by atoms with van der Waals surface area (Å²) in [5.74, 6) is 1.63. The fourth-order valence-electron chi connectivity index (χ4n) is 4.68. The first kappa shape index (κ1) is 24.6. The van der Waals surface area contributed by atoms with Crippen LogP contribution in [0.3, 0.4) is 0 Å². The Labute approximate surface area is 222 Å². The number of rotatable bonds is 8. The molecule has 8 heteroatoms. The molecule has 3 aromatic carbocycles. The summed E-state index contributed by atoms with van der Waals surface area (Å²) in [6.07, 6.45) is 0.875. The first-order chi connectivity index (χ1) is 17.6. The second-order valence-corrected chi connectivity index (χ2v) is 9.66. The van der Waals surface area contributed by atoms with Gasteiger partial charge >= 0.3 is 0 Å². The number of para-hydroxylation sites is 2. The van der Waals surface area contributed by atoms with E-state index in [1.165, 1.54) is 5.56 Å². The highest BCUT2D eigenvalue weighted by molar-refractivity contribution is 7.71. The molecular weight excluding hydrogens is 490 g/mol. The quantitative estimate of drug-likeness (QED) is 0.276. The lowest BCUT2D eigenvalue weighted by Gasteiger charge is -2.36. The fraction of sp³-hybridized carbons (Fsp3) is 0.286. The third kappa shape index (κ3) is 5.33. The molecule has 1 aliphatic heterocycles. The Morgan fingerprint density at radius 2 is 1.58 bits per heavy atom. The minimum atomic E-state index is 0.648. The Morgan fingerprint density at radius 1 is 0.889 bits per heavy atom. The summed E-state index contributed by atoms with van der Waals surface area (Å²) in [7, 11) is 1.69. The van der Waals surface area contributed by atoms with Crippen LogP contribution in [0, 0.1) is 4.77 Å². The lowest BCUT2D eigenvalue weighted by molar-refractivity contribution is 0.194. The van der Waals surface area contributed by atoms with Gasteiger partial charge in [0.1, 0.15) is 5.75 Å². The number of aryl methyl sites for hydroxylation is 1. The normalized spacial score (nSPS) is 14.2. The average Bonchev–Trinajstić information content (AvgIpc) is 3.23. The van der Waals surface area contributed by atoms with Crippen LogP contribution >= 0.6 is 23.8 Å². The van der Waals surface area contributed by atoms with E-state index in [9.17, 15) is 0 Å². The number of aromatic nitrogens is 3. The molecule has 1 aliphatic rings. The van der Waals surface area contributed by atoms with E-state index >= 15 is 0 Å². The molecule has 0 radical (unpaired) electrons. The van der Waals surface area contributed by atoms with E-state index in [-0.39, 0.29) is 0 Å². The van der Waals surface area contributed by atoms with Crippen molar-refractivity contribution in [3.05, 3.63) is 94.2 Å². The molecule has 6 nitrogen and oxygen atoms in total. The highest BCUT2D eigenvalue weighted by Crippen LogP contribution is 2.29. The van der Waals surface area contributed by atoms with Gasteiger partial charge < -0.3 is 9.64 Å². The van der Waals surface area contributed by atoms with Crippen molar-refractivity contribution in [2.24, 2.45) is 0 Å². The number of halogens is 1. The van der Waals surface area contributed by atoms with Crippen molar-refractivity contribution >= 4 is 29.5 Å². The van der Waals surface area contributed by atoms with Crippen LogP contribution in [0.2, 0.25) is 5.02 Å². The molecule has 1 aromatic heterocycles. The van der Waals surface area contributed by atoms with E-state index in [0.717, 1.165) is 71.8 Å². The molecule has 5 rings (SSSR count). The molecule has 0 unspecified atom stereocenters. The molecule has 4 aromatic rings. The van der Waals surface area contributed by atoms with Crippen molar-refractivity contribution in [1.82, 2.24) is 19.2 Å². The van der Waals surface area contributed by atoms with Gasteiger partial charge in [-0.2, -0.15) is 5.10 Å². The topological polar surface area (TPSA) is 38.5 Å². The largest absolute Gasteiger partial charge is 0.496 e. The predicted octanol–water partition coefficient (Wildman–Crippen LogP) is 5.77. The molecule has 186 valence electrons. The third-order valence-corrected chi connectivity index (χ3v) is 7.39. The van der Waals surface area contributed by atoms with Crippen molar-refractivity contribution < 1.29 is 4.74 Å². The van der Waals surface area contributed by atoms with Gasteiger partial charge in [0.15, 0.2) is 10.6 Å². The van der Waals surface area contributed by atoms with E-state index in [0.29, 0.717) is 6.67 Å². The minimum absolute atomic E-state index is 0.648. The van der Waals surface area contributed by atoms with E-state index < -0.39 is 0 Å². The van der Waals surface area contributed by atoms with Crippen LogP contribution in [0.5, 0.6) is 5.75 Å². The van der Waals surface area contributed by atoms with Crippen LogP contribution in [0.1, 0.15) is 5.56 Å². The Balaban J connectivity index is 1.38.